The lowest BCUT2D eigenvalue weighted by Crippen LogP contribution is -2.51. The molecule has 0 aliphatic heterocycles. The molecule has 0 aliphatic rings. The molecule has 0 rings (SSSR count). The van der Waals surface area contributed by atoms with Crippen molar-refractivity contribution in [3.05, 3.63) is 24.3 Å². The molecule has 3 N–H and O–H groups in total. The zero-order chi connectivity index (χ0) is 17.8. The average Bonchev–Trinajstić information content (AvgIpc) is 2.51. The van der Waals surface area contributed by atoms with Crippen molar-refractivity contribution in [2.75, 3.05) is 13.2 Å². The van der Waals surface area contributed by atoms with E-state index in [1.807, 2.05) is 19.1 Å². The molecule has 0 aromatic heterocycles. The van der Waals surface area contributed by atoms with Crippen LogP contribution in [0.2, 0.25) is 0 Å². The molecule has 0 spiro atoms. The van der Waals surface area contributed by atoms with E-state index in [1.54, 1.807) is 6.92 Å². The Hall–Kier alpha value is -2.02. The van der Waals surface area contributed by atoms with Gasteiger partial charge in [0.2, 0.25) is 5.91 Å². The van der Waals surface area contributed by atoms with Gasteiger partial charge < -0.3 is 15.7 Å². The molecule has 130 valence electrons. The molecule has 0 saturated carbocycles. The number of halogens is 1. The summed E-state index contributed by atoms with van der Waals surface area (Å²) in [7, 11) is 0. The third-order valence-electron chi connectivity index (χ3n) is 3.11. The van der Waals surface area contributed by atoms with Crippen molar-refractivity contribution in [3.8, 4) is 0 Å². The Balaban J connectivity index is 4.66. The highest BCUT2D eigenvalue weighted by Gasteiger charge is 2.26. The summed E-state index contributed by atoms with van der Waals surface area (Å²) in [6.07, 6.45) is 4.45. The van der Waals surface area contributed by atoms with Gasteiger partial charge in [-0.15, -0.1) is 0 Å². The number of rotatable bonds is 12. The van der Waals surface area contributed by atoms with Crippen LogP contribution in [0, 0.1) is 0 Å². The molecule has 0 aromatic rings. The Morgan fingerprint density at radius 2 is 1.91 bits per heavy atom. The van der Waals surface area contributed by atoms with Gasteiger partial charge in [0.25, 0.3) is 0 Å². The third kappa shape index (κ3) is 8.87. The van der Waals surface area contributed by atoms with Gasteiger partial charge in [0.1, 0.15) is 12.7 Å². The molecule has 23 heavy (non-hydrogen) atoms. The fourth-order valence-electron chi connectivity index (χ4n) is 1.81. The second-order valence-corrected chi connectivity index (χ2v) is 5.07. The summed E-state index contributed by atoms with van der Waals surface area (Å²) in [5.74, 6) is -2.77. The highest BCUT2D eigenvalue weighted by Crippen LogP contribution is 2.01. The van der Waals surface area contributed by atoms with Gasteiger partial charge in [-0.1, -0.05) is 32.6 Å². The number of aliphatic carboxylic acids is 1. The molecule has 0 fully saturated rings. The average molecular weight is 328 g/mol. The third-order valence-corrected chi connectivity index (χ3v) is 3.11. The van der Waals surface area contributed by atoms with E-state index in [0.717, 1.165) is 12.0 Å². The van der Waals surface area contributed by atoms with E-state index in [9.17, 15) is 18.8 Å². The first-order chi connectivity index (χ1) is 10.8. The van der Waals surface area contributed by atoms with Crippen molar-refractivity contribution < 1.29 is 23.9 Å². The van der Waals surface area contributed by atoms with Crippen LogP contribution >= 0.6 is 0 Å². The first-order valence-electron chi connectivity index (χ1n) is 7.54. The van der Waals surface area contributed by atoms with Gasteiger partial charge in [0.05, 0.1) is 12.5 Å². The van der Waals surface area contributed by atoms with Gasteiger partial charge in [-0.3, -0.25) is 14.4 Å². The maximum atomic E-state index is 12.5. The van der Waals surface area contributed by atoms with E-state index in [-0.39, 0.29) is 0 Å². The van der Waals surface area contributed by atoms with Gasteiger partial charge in [0.15, 0.2) is 5.78 Å². The molecule has 0 bridgehead atoms. The van der Waals surface area contributed by atoms with Gasteiger partial charge in [-0.05, 0) is 18.4 Å². The number of Topliss-reactive ketones (excluding diaryl/α,β-unsaturated/α-hetero) is 1. The van der Waals surface area contributed by atoms with Crippen molar-refractivity contribution in [1.82, 2.24) is 10.6 Å². The smallest absolute Gasteiger partial charge is 0.305 e. The minimum absolute atomic E-state index is 0.378. The number of carboxylic acids is 1. The second kappa shape index (κ2) is 11.5. The normalized spacial score (nSPS) is 13.5. The lowest BCUT2D eigenvalue weighted by atomic mass is 10.1. The van der Waals surface area contributed by atoms with Crippen LogP contribution in [0.25, 0.3) is 0 Å². The van der Waals surface area contributed by atoms with Crippen LogP contribution in [0.15, 0.2) is 24.3 Å². The Bertz CT molecular complexity index is 463. The Labute approximate surface area is 135 Å². The Morgan fingerprint density at radius 1 is 1.26 bits per heavy atom. The van der Waals surface area contributed by atoms with Crippen LogP contribution in [-0.2, 0) is 14.4 Å². The number of carbonyl (C=O) groups is 3. The highest BCUT2D eigenvalue weighted by atomic mass is 19.1. The summed E-state index contributed by atoms with van der Waals surface area (Å²) in [5.41, 5.74) is 0.792. The first-order valence-corrected chi connectivity index (χ1v) is 7.54. The van der Waals surface area contributed by atoms with Crippen molar-refractivity contribution in [1.29, 1.82) is 0 Å². The predicted octanol–water partition coefficient (Wildman–Crippen LogP) is 1.38. The van der Waals surface area contributed by atoms with E-state index < -0.39 is 42.8 Å². The number of ketones is 1. The number of carbonyl (C=O) groups excluding carboxylic acids is 2. The molecule has 2 unspecified atom stereocenters. The minimum atomic E-state index is -1.36. The van der Waals surface area contributed by atoms with Gasteiger partial charge in [0, 0.05) is 6.54 Å². The molecule has 2 atom stereocenters. The molecule has 0 saturated heterocycles. The Morgan fingerprint density at radius 3 is 2.39 bits per heavy atom. The maximum Gasteiger partial charge on any atom is 0.305 e. The zero-order valence-electron chi connectivity index (χ0n) is 13.6. The molecule has 0 aliphatic carbocycles. The van der Waals surface area contributed by atoms with Crippen molar-refractivity contribution >= 4 is 17.7 Å². The lowest BCUT2D eigenvalue weighted by Gasteiger charge is -2.20. The summed E-state index contributed by atoms with van der Waals surface area (Å²) < 4.78 is 12.5. The Kier molecular flexibility index (Phi) is 10.5. The summed E-state index contributed by atoms with van der Waals surface area (Å²) in [6, 6.07) is -1.98. The van der Waals surface area contributed by atoms with E-state index in [4.69, 9.17) is 5.11 Å². The van der Waals surface area contributed by atoms with Gasteiger partial charge in [-0.25, -0.2) is 4.39 Å². The fraction of sp³-hybridized carbons (Fsp3) is 0.562. The molecule has 6 nitrogen and oxygen atoms in total. The van der Waals surface area contributed by atoms with E-state index in [1.165, 1.54) is 0 Å². The summed E-state index contributed by atoms with van der Waals surface area (Å²) in [6.45, 7) is 6.66. The van der Waals surface area contributed by atoms with Crippen molar-refractivity contribution in [3.63, 3.8) is 0 Å². The van der Waals surface area contributed by atoms with Crippen LogP contribution < -0.4 is 10.6 Å². The number of allylic oxidation sites excluding steroid dienone is 1. The van der Waals surface area contributed by atoms with Crippen molar-refractivity contribution in [2.45, 2.75) is 45.2 Å². The number of nitrogens with one attached hydrogen (secondary N) is 2. The summed E-state index contributed by atoms with van der Waals surface area (Å²) >= 11 is 0. The lowest BCUT2D eigenvalue weighted by molar-refractivity contribution is -0.140. The van der Waals surface area contributed by atoms with Crippen LogP contribution in [0.5, 0.6) is 0 Å². The molecule has 0 heterocycles. The van der Waals surface area contributed by atoms with E-state index in [2.05, 4.69) is 17.2 Å². The predicted molar refractivity (Wildman–Crippen MR) is 85.8 cm³/mol. The zero-order valence-corrected chi connectivity index (χ0v) is 13.6. The molecular weight excluding hydrogens is 303 g/mol. The monoisotopic (exact) mass is 328 g/mol. The molecule has 1 amide bonds. The van der Waals surface area contributed by atoms with E-state index >= 15 is 0 Å². The second-order valence-electron chi connectivity index (χ2n) is 5.07. The highest BCUT2D eigenvalue weighted by molar-refractivity contribution is 5.93. The minimum Gasteiger partial charge on any atom is -0.481 e. The number of hydrogen-bond donors (Lipinski definition) is 3. The largest absolute Gasteiger partial charge is 0.481 e. The van der Waals surface area contributed by atoms with Crippen LogP contribution in [0.1, 0.15) is 33.1 Å². The molecular formula is C16H25FN2O4. The van der Waals surface area contributed by atoms with Crippen LogP contribution in [-0.4, -0.2) is 48.1 Å². The standard InChI is InChI=1S/C16H25FN2O4/c1-4-6-7-11(3)10-18-12(5-2)16(23)19-13(8-15(21)22)14(20)9-17/h6-7,12-13,18H,3-5,8-10H2,1-2H3,(H,19,23)(H,21,22)/b7-6-. The summed E-state index contributed by atoms with van der Waals surface area (Å²) in [4.78, 5) is 34.2. The maximum absolute atomic E-state index is 12.5. The first kappa shape index (κ1) is 21.0. The quantitative estimate of drug-likeness (QED) is 0.470. The van der Waals surface area contributed by atoms with Gasteiger partial charge >= 0.3 is 5.97 Å². The molecule has 0 aromatic carbocycles. The van der Waals surface area contributed by atoms with Crippen molar-refractivity contribution in [2.24, 2.45) is 0 Å². The van der Waals surface area contributed by atoms with E-state index in [0.29, 0.717) is 13.0 Å². The number of carboxylic acid groups (broad SMARTS) is 1. The van der Waals surface area contributed by atoms with Crippen LogP contribution in [0.4, 0.5) is 4.39 Å². The SMILES string of the molecule is C=C(/C=C\CC)CNC(CC)C(=O)NC(CC(=O)O)C(=O)CF. The summed E-state index contributed by atoms with van der Waals surface area (Å²) in [5, 5.41) is 14.0. The van der Waals surface area contributed by atoms with Crippen LogP contribution in [0.3, 0.4) is 0 Å². The molecule has 0 radical (unpaired) electrons. The fourth-order valence-corrected chi connectivity index (χ4v) is 1.81. The number of alkyl halides is 1. The number of hydrogen-bond acceptors (Lipinski definition) is 4. The molecule has 7 heteroatoms. The number of amides is 1. The van der Waals surface area contributed by atoms with Gasteiger partial charge in [-0.2, -0.15) is 0 Å². The topological polar surface area (TPSA) is 95.5 Å².